The van der Waals surface area contributed by atoms with E-state index < -0.39 is 6.10 Å². The first kappa shape index (κ1) is 15.1. The third kappa shape index (κ3) is 2.90. The second kappa shape index (κ2) is 5.99. The highest BCUT2D eigenvalue weighted by atomic mass is 35.5. The standard InChI is InChI=1S/C14H17ClN2O2S/c1-8(18)6-7-17(2)14(19)13-12(16)11-9(15)4-3-5-10(11)20-13/h3-5,8,18H,6-7,16H2,1-2H3. The van der Waals surface area contributed by atoms with Crippen molar-refractivity contribution >= 4 is 44.6 Å². The van der Waals surface area contributed by atoms with Gasteiger partial charge in [-0.1, -0.05) is 17.7 Å². The molecule has 0 fully saturated rings. The second-order valence-corrected chi connectivity index (χ2v) is 6.28. The van der Waals surface area contributed by atoms with Crippen LogP contribution in [0.1, 0.15) is 23.0 Å². The van der Waals surface area contributed by atoms with E-state index in [4.69, 9.17) is 17.3 Å². The molecule has 0 saturated heterocycles. The van der Waals surface area contributed by atoms with Crippen molar-refractivity contribution in [3.8, 4) is 0 Å². The van der Waals surface area contributed by atoms with Gasteiger partial charge in [0.15, 0.2) is 0 Å². The van der Waals surface area contributed by atoms with Crippen LogP contribution >= 0.6 is 22.9 Å². The number of carbonyl (C=O) groups is 1. The number of nitrogens with zero attached hydrogens (tertiary/aromatic N) is 1. The maximum absolute atomic E-state index is 12.4. The van der Waals surface area contributed by atoms with Gasteiger partial charge in [0.2, 0.25) is 0 Å². The van der Waals surface area contributed by atoms with Crippen molar-refractivity contribution in [1.82, 2.24) is 4.90 Å². The summed E-state index contributed by atoms with van der Waals surface area (Å²) in [7, 11) is 1.70. The molecular weight excluding hydrogens is 296 g/mol. The van der Waals surface area contributed by atoms with Crippen LogP contribution in [0.25, 0.3) is 10.1 Å². The van der Waals surface area contributed by atoms with Gasteiger partial charge in [-0.05, 0) is 25.5 Å². The number of benzene rings is 1. The molecule has 0 aliphatic heterocycles. The maximum Gasteiger partial charge on any atom is 0.265 e. The predicted octanol–water partition coefficient (Wildman–Crippen LogP) is 2.98. The highest BCUT2D eigenvalue weighted by Crippen LogP contribution is 2.38. The van der Waals surface area contributed by atoms with Crippen LogP contribution in [0.4, 0.5) is 5.69 Å². The number of nitrogens with two attached hydrogens (primary N) is 1. The van der Waals surface area contributed by atoms with Crippen LogP contribution in [-0.2, 0) is 0 Å². The van der Waals surface area contributed by atoms with E-state index >= 15 is 0 Å². The highest BCUT2D eigenvalue weighted by molar-refractivity contribution is 7.21. The topological polar surface area (TPSA) is 66.6 Å². The molecule has 6 heteroatoms. The lowest BCUT2D eigenvalue weighted by atomic mass is 10.2. The summed E-state index contributed by atoms with van der Waals surface area (Å²) in [5, 5.41) is 10.6. The van der Waals surface area contributed by atoms with E-state index in [1.54, 1.807) is 24.9 Å². The molecule has 1 atom stereocenters. The van der Waals surface area contributed by atoms with E-state index in [9.17, 15) is 9.90 Å². The SMILES string of the molecule is CC(O)CCN(C)C(=O)c1sc2cccc(Cl)c2c1N. The number of halogens is 1. The van der Waals surface area contributed by atoms with Gasteiger partial charge in [0.1, 0.15) is 4.88 Å². The molecule has 0 bridgehead atoms. The zero-order valence-corrected chi connectivity index (χ0v) is 13.0. The van der Waals surface area contributed by atoms with E-state index in [0.29, 0.717) is 28.6 Å². The number of aliphatic hydroxyl groups excluding tert-OH is 1. The van der Waals surface area contributed by atoms with Crippen LogP contribution in [0, 0.1) is 0 Å². The molecule has 20 heavy (non-hydrogen) atoms. The zero-order valence-electron chi connectivity index (χ0n) is 11.4. The molecule has 3 N–H and O–H groups in total. The third-order valence-electron chi connectivity index (χ3n) is 3.12. The molecule has 0 spiro atoms. The van der Waals surface area contributed by atoms with Crippen molar-refractivity contribution in [2.24, 2.45) is 0 Å². The fourth-order valence-corrected chi connectivity index (χ4v) is 3.42. The minimum absolute atomic E-state index is 0.139. The smallest absolute Gasteiger partial charge is 0.265 e. The Bertz CT molecular complexity index is 639. The van der Waals surface area contributed by atoms with Crippen LogP contribution in [0.15, 0.2) is 18.2 Å². The monoisotopic (exact) mass is 312 g/mol. The van der Waals surface area contributed by atoms with Crippen LogP contribution in [0.2, 0.25) is 5.02 Å². The lowest BCUT2D eigenvalue weighted by Crippen LogP contribution is -2.29. The van der Waals surface area contributed by atoms with E-state index in [-0.39, 0.29) is 5.91 Å². The lowest BCUT2D eigenvalue weighted by Gasteiger charge is -2.17. The summed E-state index contributed by atoms with van der Waals surface area (Å²) in [6.45, 7) is 2.18. The summed E-state index contributed by atoms with van der Waals surface area (Å²) in [6, 6.07) is 5.50. The van der Waals surface area contributed by atoms with Crippen molar-refractivity contribution in [1.29, 1.82) is 0 Å². The van der Waals surface area contributed by atoms with E-state index in [2.05, 4.69) is 0 Å². The Morgan fingerprint density at radius 2 is 2.25 bits per heavy atom. The zero-order chi connectivity index (χ0) is 14.9. The number of hydrogen-bond acceptors (Lipinski definition) is 4. The van der Waals surface area contributed by atoms with Gasteiger partial charge in [0, 0.05) is 23.7 Å². The van der Waals surface area contributed by atoms with Crippen molar-refractivity contribution in [3.63, 3.8) is 0 Å². The molecule has 1 heterocycles. The predicted molar refractivity (Wildman–Crippen MR) is 84.5 cm³/mol. The molecule has 2 rings (SSSR count). The first-order chi connectivity index (χ1) is 9.41. The number of anilines is 1. The lowest BCUT2D eigenvalue weighted by molar-refractivity contribution is 0.0774. The first-order valence-electron chi connectivity index (χ1n) is 6.31. The van der Waals surface area contributed by atoms with Gasteiger partial charge in [0.05, 0.1) is 16.8 Å². The first-order valence-corrected chi connectivity index (χ1v) is 7.51. The molecule has 4 nitrogen and oxygen atoms in total. The number of nitrogen functional groups attached to an aromatic ring is 1. The largest absolute Gasteiger partial charge is 0.397 e. The molecule has 1 amide bonds. The molecule has 1 aromatic carbocycles. The number of hydrogen-bond donors (Lipinski definition) is 2. The molecule has 2 aromatic rings. The van der Waals surface area contributed by atoms with Crippen LogP contribution < -0.4 is 5.73 Å². The van der Waals surface area contributed by atoms with Crippen molar-refractivity contribution in [3.05, 3.63) is 28.1 Å². The fourth-order valence-electron chi connectivity index (χ4n) is 1.94. The fraction of sp³-hybridized carbons (Fsp3) is 0.357. The van der Waals surface area contributed by atoms with Crippen LogP contribution in [0.3, 0.4) is 0 Å². The van der Waals surface area contributed by atoms with E-state index in [1.807, 2.05) is 12.1 Å². The molecule has 0 radical (unpaired) electrons. The summed E-state index contributed by atoms with van der Waals surface area (Å²) in [5.74, 6) is -0.139. The average Bonchev–Trinajstić information content (AvgIpc) is 2.73. The quantitative estimate of drug-likeness (QED) is 0.912. The molecule has 108 valence electrons. The summed E-state index contributed by atoms with van der Waals surface area (Å²) in [6.07, 6.45) is 0.104. The summed E-state index contributed by atoms with van der Waals surface area (Å²) >= 11 is 7.48. The van der Waals surface area contributed by atoms with Gasteiger partial charge in [-0.15, -0.1) is 11.3 Å². The number of rotatable bonds is 4. The van der Waals surface area contributed by atoms with Crippen molar-refractivity contribution in [2.45, 2.75) is 19.4 Å². The molecule has 1 aromatic heterocycles. The van der Waals surface area contributed by atoms with Crippen LogP contribution in [0.5, 0.6) is 0 Å². The van der Waals surface area contributed by atoms with Gasteiger partial charge < -0.3 is 15.7 Å². The molecule has 0 saturated carbocycles. The normalized spacial score (nSPS) is 12.6. The number of carbonyl (C=O) groups excluding carboxylic acids is 1. The molecule has 0 aliphatic rings. The van der Waals surface area contributed by atoms with Gasteiger partial charge in [0.25, 0.3) is 5.91 Å². The summed E-state index contributed by atoms with van der Waals surface area (Å²) in [5.41, 5.74) is 6.50. The summed E-state index contributed by atoms with van der Waals surface area (Å²) < 4.78 is 0.905. The van der Waals surface area contributed by atoms with Crippen molar-refractivity contribution in [2.75, 3.05) is 19.3 Å². The highest BCUT2D eigenvalue weighted by Gasteiger charge is 2.21. The molecule has 0 aliphatic carbocycles. The van der Waals surface area contributed by atoms with Gasteiger partial charge in [-0.2, -0.15) is 0 Å². The number of thiophene rings is 1. The van der Waals surface area contributed by atoms with Crippen molar-refractivity contribution < 1.29 is 9.90 Å². The van der Waals surface area contributed by atoms with E-state index in [0.717, 1.165) is 10.1 Å². The number of aliphatic hydroxyl groups is 1. The Labute approximate surface area is 126 Å². The Morgan fingerprint density at radius 3 is 2.85 bits per heavy atom. The minimum atomic E-state index is -0.431. The Morgan fingerprint density at radius 1 is 1.55 bits per heavy atom. The Balaban J connectivity index is 2.31. The maximum atomic E-state index is 12.4. The number of fused-ring (bicyclic) bond motifs is 1. The summed E-state index contributed by atoms with van der Waals surface area (Å²) in [4.78, 5) is 14.5. The Kier molecular flexibility index (Phi) is 4.52. The second-order valence-electron chi connectivity index (χ2n) is 4.82. The number of amides is 1. The van der Waals surface area contributed by atoms with Crippen LogP contribution in [-0.4, -0.2) is 35.6 Å². The molecule has 1 unspecified atom stereocenters. The van der Waals surface area contributed by atoms with Gasteiger partial charge in [-0.3, -0.25) is 4.79 Å². The minimum Gasteiger partial charge on any atom is -0.397 e. The van der Waals surface area contributed by atoms with E-state index in [1.165, 1.54) is 11.3 Å². The van der Waals surface area contributed by atoms with Gasteiger partial charge >= 0.3 is 0 Å². The molecular formula is C14H17ClN2O2S. The Hall–Kier alpha value is -1.30. The average molecular weight is 313 g/mol. The van der Waals surface area contributed by atoms with Gasteiger partial charge in [-0.25, -0.2) is 0 Å². The third-order valence-corrected chi connectivity index (χ3v) is 4.60.